The van der Waals surface area contributed by atoms with Gasteiger partial charge in [-0.15, -0.1) is 10.2 Å². The van der Waals surface area contributed by atoms with Crippen LogP contribution < -0.4 is 10.6 Å². The Hall–Kier alpha value is -2.90. The van der Waals surface area contributed by atoms with Gasteiger partial charge in [-0.3, -0.25) is 4.79 Å². The molecule has 1 aliphatic heterocycles. The van der Waals surface area contributed by atoms with Crippen molar-refractivity contribution in [3.05, 3.63) is 30.1 Å². The van der Waals surface area contributed by atoms with Crippen LogP contribution in [0.4, 0.5) is 10.5 Å². The summed E-state index contributed by atoms with van der Waals surface area (Å²) in [6, 6.07) is 7.59. The molecule has 0 spiro atoms. The summed E-state index contributed by atoms with van der Waals surface area (Å²) in [5, 5.41) is 14.1. The molecule has 0 radical (unpaired) electrons. The molecule has 0 bridgehead atoms. The Kier molecular flexibility index (Phi) is 6.51. The van der Waals surface area contributed by atoms with Gasteiger partial charge in [0, 0.05) is 37.2 Å². The van der Waals surface area contributed by atoms with Crippen LogP contribution in [0.25, 0.3) is 11.4 Å². The third-order valence-corrected chi connectivity index (χ3v) is 4.56. The first kappa shape index (κ1) is 20.8. The summed E-state index contributed by atoms with van der Waals surface area (Å²) >= 11 is 0. The van der Waals surface area contributed by atoms with Crippen molar-refractivity contribution in [1.82, 2.24) is 20.1 Å². The van der Waals surface area contributed by atoms with E-state index in [0.29, 0.717) is 5.69 Å². The van der Waals surface area contributed by atoms with E-state index in [9.17, 15) is 9.59 Å². The quantitative estimate of drug-likeness (QED) is 0.801. The number of carbonyl (C=O) groups is 2. The summed E-state index contributed by atoms with van der Waals surface area (Å²) in [5.41, 5.74) is 1.12. The largest absolute Gasteiger partial charge is 0.444 e. The zero-order valence-corrected chi connectivity index (χ0v) is 17.3. The molecule has 8 nitrogen and oxygen atoms in total. The van der Waals surface area contributed by atoms with Crippen molar-refractivity contribution in [3.8, 4) is 11.4 Å². The van der Waals surface area contributed by atoms with Gasteiger partial charge >= 0.3 is 6.09 Å². The first-order valence-corrected chi connectivity index (χ1v) is 10.1. The lowest BCUT2D eigenvalue weighted by molar-refractivity contribution is -0.116. The van der Waals surface area contributed by atoms with Crippen molar-refractivity contribution >= 4 is 17.7 Å². The SMILES string of the molecule is CC(C)(C)OC(=O)NCCC(=O)Nc1ccc(-c2nnc3n2CCCCC3)cc1. The highest BCUT2D eigenvalue weighted by Crippen LogP contribution is 2.24. The molecule has 3 rings (SSSR count). The topological polar surface area (TPSA) is 98.1 Å². The fourth-order valence-electron chi connectivity index (χ4n) is 3.22. The predicted molar refractivity (Wildman–Crippen MR) is 110 cm³/mol. The Labute approximate surface area is 171 Å². The lowest BCUT2D eigenvalue weighted by Crippen LogP contribution is -2.34. The van der Waals surface area contributed by atoms with Gasteiger partial charge in [0.15, 0.2) is 5.82 Å². The summed E-state index contributed by atoms with van der Waals surface area (Å²) in [7, 11) is 0. The van der Waals surface area contributed by atoms with Crippen LogP contribution in [0.15, 0.2) is 24.3 Å². The number of anilines is 1. The second-order valence-electron chi connectivity index (χ2n) is 8.21. The molecule has 1 aliphatic rings. The number of aromatic nitrogens is 3. The number of amides is 2. The molecule has 156 valence electrons. The smallest absolute Gasteiger partial charge is 0.407 e. The predicted octanol–water partition coefficient (Wildman–Crippen LogP) is 3.52. The Bertz CT molecular complexity index is 852. The Morgan fingerprint density at radius 3 is 2.59 bits per heavy atom. The van der Waals surface area contributed by atoms with Crippen LogP contribution in [0, 0.1) is 0 Å². The number of alkyl carbamates (subject to hydrolysis) is 1. The standard InChI is InChI=1S/C21H29N5O3/c1-21(2,3)29-20(28)22-13-12-18(27)23-16-10-8-15(9-11-16)19-25-24-17-7-5-4-6-14-26(17)19/h8-11H,4-7,12-14H2,1-3H3,(H,22,28)(H,23,27). The van der Waals surface area contributed by atoms with Crippen LogP contribution >= 0.6 is 0 Å². The molecule has 0 atom stereocenters. The molecule has 1 aromatic carbocycles. The third-order valence-electron chi connectivity index (χ3n) is 4.56. The molecule has 8 heteroatoms. The number of rotatable bonds is 5. The highest BCUT2D eigenvalue weighted by molar-refractivity contribution is 5.91. The van der Waals surface area contributed by atoms with Crippen molar-refractivity contribution in [2.45, 2.75) is 65.0 Å². The fraction of sp³-hybridized carbons (Fsp3) is 0.524. The number of hydrogen-bond donors (Lipinski definition) is 2. The molecule has 0 unspecified atom stereocenters. The number of aryl methyl sites for hydroxylation is 1. The molecule has 0 aliphatic carbocycles. The van der Waals surface area contributed by atoms with E-state index in [4.69, 9.17) is 4.74 Å². The summed E-state index contributed by atoms with van der Waals surface area (Å²) in [5.74, 6) is 1.75. The molecular weight excluding hydrogens is 370 g/mol. The van der Waals surface area contributed by atoms with Crippen LogP contribution in [0.3, 0.4) is 0 Å². The fourth-order valence-corrected chi connectivity index (χ4v) is 3.22. The van der Waals surface area contributed by atoms with Crippen LogP contribution in [-0.2, 0) is 22.5 Å². The van der Waals surface area contributed by atoms with Crippen LogP contribution in [-0.4, -0.2) is 38.9 Å². The minimum Gasteiger partial charge on any atom is -0.444 e. The number of fused-ring (bicyclic) bond motifs is 1. The van der Waals surface area contributed by atoms with Crippen molar-refractivity contribution in [1.29, 1.82) is 0 Å². The van der Waals surface area contributed by atoms with E-state index in [0.717, 1.165) is 43.0 Å². The van der Waals surface area contributed by atoms with E-state index in [1.54, 1.807) is 20.8 Å². The highest BCUT2D eigenvalue weighted by atomic mass is 16.6. The summed E-state index contributed by atoms with van der Waals surface area (Å²) in [6.07, 6.45) is 4.13. The van der Waals surface area contributed by atoms with Crippen molar-refractivity contribution in [2.75, 3.05) is 11.9 Å². The zero-order chi connectivity index (χ0) is 20.9. The molecule has 2 aromatic rings. The van der Waals surface area contributed by atoms with E-state index in [-0.39, 0.29) is 18.9 Å². The van der Waals surface area contributed by atoms with Gasteiger partial charge in [0.25, 0.3) is 0 Å². The normalized spacial score (nSPS) is 13.9. The highest BCUT2D eigenvalue weighted by Gasteiger charge is 2.17. The van der Waals surface area contributed by atoms with E-state index >= 15 is 0 Å². The van der Waals surface area contributed by atoms with Gasteiger partial charge in [0.2, 0.25) is 5.91 Å². The lowest BCUT2D eigenvalue weighted by atomic mass is 10.2. The second kappa shape index (κ2) is 9.07. The molecule has 2 N–H and O–H groups in total. The van der Waals surface area contributed by atoms with Gasteiger partial charge < -0.3 is 19.9 Å². The molecule has 1 aromatic heterocycles. The minimum atomic E-state index is -0.559. The number of nitrogens with zero attached hydrogens (tertiary/aromatic N) is 3. The first-order valence-electron chi connectivity index (χ1n) is 10.1. The maximum atomic E-state index is 12.1. The van der Waals surface area contributed by atoms with E-state index in [1.165, 1.54) is 6.42 Å². The third kappa shape index (κ3) is 6.04. The monoisotopic (exact) mass is 399 g/mol. The van der Waals surface area contributed by atoms with Gasteiger partial charge in [-0.2, -0.15) is 0 Å². The maximum Gasteiger partial charge on any atom is 0.407 e. The average molecular weight is 399 g/mol. The van der Waals surface area contributed by atoms with Crippen molar-refractivity contribution < 1.29 is 14.3 Å². The molecule has 2 amide bonds. The van der Waals surface area contributed by atoms with Crippen molar-refractivity contribution in [2.24, 2.45) is 0 Å². The number of nitrogens with one attached hydrogen (secondary N) is 2. The van der Waals surface area contributed by atoms with Crippen LogP contribution in [0.5, 0.6) is 0 Å². The van der Waals surface area contributed by atoms with Gasteiger partial charge in [-0.1, -0.05) is 6.42 Å². The lowest BCUT2D eigenvalue weighted by Gasteiger charge is -2.19. The zero-order valence-electron chi connectivity index (χ0n) is 17.3. The first-order chi connectivity index (χ1) is 13.8. The van der Waals surface area contributed by atoms with E-state index in [1.807, 2.05) is 24.3 Å². The molecule has 2 heterocycles. The molecular formula is C21H29N5O3. The van der Waals surface area contributed by atoms with Gasteiger partial charge in [-0.05, 0) is 57.9 Å². The Morgan fingerprint density at radius 2 is 1.86 bits per heavy atom. The molecule has 0 saturated carbocycles. The minimum absolute atomic E-state index is 0.165. The van der Waals surface area contributed by atoms with Gasteiger partial charge in [0.05, 0.1) is 0 Å². The molecule has 0 fully saturated rings. The Balaban J connectivity index is 1.51. The van der Waals surface area contributed by atoms with Gasteiger partial charge in [0.1, 0.15) is 11.4 Å². The number of hydrogen-bond acceptors (Lipinski definition) is 5. The van der Waals surface area contributed by atoms with Crippen LogP contribution in [0.2, 0.25) is 0 Å². The molecule has 0 saturated heterocycles. The second-order valence-corrected chi connectivity index (χ2v) is 8.21. The van der Waals surface area contributed by atoms with E-state index in [2.05, 4.69) is 25.4 Å². The number of carbonyl (C=O) groups excluding carboxylic acids is 2. The molecule has 29 heavy (non-hydrogen) atoms. The number of ether oxygens (including phenoxy) is 1. The maximum absolute atomic E-state index is 12.1. The van der Waals surface area contributed by atoms with E-state index < -0.39 is 11.7 Å². The van der Waals surface area contributed by atoms with Crippen LogP contribution in [0.1, 0.15) is 52.3 Å². The average Bonchev–Trinajstić information content (AvgIpc) is 2.89. The summed E-state index contributed by atoms with van der Waals surface area (Å²) in [4.78, 5) is 23.7. The van der Waals surface area contributed by atoms with Gasteiger partial charge in [-0.25, -0.2) is 4.79 Å². The summed E-state index contributed by atoms with van der Waals surface area (Å²) < 4.78 is 7.34. The summed E-state index contributed by atoms with van der Waals surface area (Å²) in [6.45, 7) is 6.53. The Morgan fingerprint density at radius 1 is 1.10 bits per heavy atom. The van der Waals surface area contributed by atoms with Crippen molar-refractivity contribution in [3.63, 3.8) is 0 Å². The number of benzene rings is 1.